The maximum Gasteiger partial charge on any atom is 0.306 e. The first kappa shape index (κ1) is 13.7. The molecule has 0 unspecified atom stereocenters. The molecule has 0 aliphatic carbocycles. The Labute approximate surface area is 108 Å². The quantitative estimate of drug-likeness (QED) is 0.846. The summed E-state index contributed by atoms with van der Waals surface area (Å²) in [6.07, 6.45) is 0.270. The number of amides is 1. The highest BCUT2D eigenvalue weighted by Crippen LogP contribution is 2.10. The first-order chi connectivity index (χ1) is 8.11. The van der Waals surface area contributed by atoms with E-state index in [1.54, 1.807) is 0 Å². The number of carbonyl (C=O) groups is 2. The second kappa shape index (κ2) is 7.06. The van der Waals surface area contributed by atoms with Gasteiger partial charge in [-0.3, -0.25) is 9.59 Å². The Balaban J connectivity index is 2.28. The number of carbonyl (C=O) groups excluding carboxylic acids is 2. The molecule has 4 nitrogen and oxygen atoms in total. The van der Waals surface area contributed by atoms with Crippen LogP contribution in [0.1, 0.15) is 18.4 Å². The molecule has 0 spiro atoms. The molecule has 0 atom stereocenters. The Bertz CT molecular complexity index is 389. The highest BCUT2D eigenvalue weighted by atomic mass is 79.9. The number of halogens is 1. The molecule has 1 aromatic rings. The van der Waals surface area contributed by atoms with Crippen LogP contribution in [0.25, 0.3) is 0 Å². The van der Waals surface area contributed by atoms with Gasteiger partial charge >= 0.3 is 5.97 Å². The van der Waals surface area contributed by atoms with Crippen molar-refractivity contribution in [3.8, 4) is 0 Å². The van der Waals surface area contributed by atoms with Crippen molar-refractivity contribution in [2.45, 2.75) is 19.4 Å². The fourth-order valence-electron chi connectivity index (χ4n) is 1.21. The summed E-state index contributed by atoms with van der Waals surface area (Å²) in [5, 5.41) is 2.74. The Hall–Kier alpha value is -1.36. The topological polar surface area (TPSA) is 55.4 Å². The van der Waals surface area contributed by atoms with Crippen LogP contribution in [0.4, 0.5) is 0 Å². The van der Waals surface area contributed by atoms with Gasteiger partial charge in [0.05, 0.1) is 13.5 Å². The number of methoxy groups -OCH3 is 1. The lowest BCUT2D eigenvalue weighted by Crippen LogP contribution is -2.23. The van der Waals surface area contributed by atoms with Crippen LogP contribution < -0.4 is 5.32 Å². The van der Waals surface area contributed by atoms with Crippen molar-refractivity contribution >= 4 is 27.8 Å². The number of benzene rings is 1. The van der Waals surface area contributed by atoms with Crippen LogP contribution in [0.5, 0.6) is 0 Å². The zero-order valence-electron chi connectivity index (χ0n) is 9.53. The van der Waals surface area contributed by atoms with Gasteiger partial charge in [0.15, 0.2) is 0 Å². The summed E-state index contributed by atoms with van der Waals surface area (Å²) in [5.74, 6) is -0.526. The van der Waals surface area contributed by atoms with E-state index in [9.17, 15) is 9.59 Å². The summed E-state index contributed by atoms with van der Waals surface area (Å²) in [6, 6.07) is 7.67. The van der Waals surface area contributed by atoms with Crippen molar-refractivity contribution in [3.63, 3.8) is 0 Å². The van der Waals surface area contributed by atoms with E-state index in [4.69, 9.17) is 0 Å². The zero-order chi connectivity index (χ0) is 12.7. The highest BCUT2D eigenvalue weighted by molar-refractivity contribution is 9.10. The minimum absolute atomic E-state index is 0.114. The molecular formula is C12H14BrNO3. The predicted octanol–water partition coefficient (Wildman–Crippen LogP) is 2.02. The fraction of sp³-hybridized carbons (Fsp3) is 0.333. The molecule has 0 saturated heterocycles. The van der Waals surface area contributed by atoms with Gasteiger partial charge in [0.2, 0.25) is 5.91 Å². The van der Waals surface area contributed by atoms with Crippen molar-refractivity contribution in [1.29, 1.82) is 0 Å². The minimum Gasteiger partial charge on any atom is -0.469 e. The standard InChI is InChI=1S/C12H14BrNO3/c1-17-12(16)7-6-11(15)14-8-9-2-4-10(13)5-3-9/h2-5H,6-8H2,1H3,(H,14,15). The van der Waals surface area contributed by atoms with Crippen molar-refractivity contribution in [2.24, 2.45) is 0 Å². The summed E-state index contributed by atoms with van der Waals surface area (Å²) in [6.45, 7) is 0.466. The number of hydrogen-bond acceptors (Lipinski definition) is 3. The molecule has 0 radical (unpaired) electrons. The molecule has 0 aromatic heterocycles. The molecule has 1 rings (SSSR count). The molecule has 0 aliphatic heterocycles. The summed E-state index contributed by atoms with van der Waals surface area (Å²) >= 11 is 3.34. The van der Waals surface area contributed by atoms with Crippen LogP contribution in [-0.2, 0) is 20.9 Å². The number of hydrogen-bond donors (Lipinski definition) is 1. The number of ether oxygens (including phenoxy) is 1. The highest BCUT2D eigenvalue weighted by Gasteiger charge is 2.06. The monoisotopic (exact) mass is 299 g/mol. The van der Waals surface area contributed by atoms with Gasteiger partial charge in [-0.05, 0) is 17.7 Å². The normalized spacial score (nSPS) is 9.76. The Morgan fingerprint density at radius 1 is 1.24 bits per heavy atom. The van der Waals surface area contributed by atoms with E-state index in [0.29, 0.717) is 6.54 Å². The van der Waals surface area contributed by atoms with Gasteiger partial charge in [0.1, 0.15) is 0 Å². The lowest BCUT2D eigenvalue weighted by Gasteiger charge is -2.05. The van der Waals surface area contributed by atoms with Gasteiger partial charge in [-0.15, -0.1) is 0 Å². The molecule has 0 fully saturated rings. The SMILES string of the molecule is COC(=O)CCC(=O)NCc1ccc(Br)cc1. The summed E-state index contributed by atoms with van der Waals surface area (Å²) in [7, 11) is 1.31. The van der Waals surface area contributed by atoms with E-state index < -0.39 is 0 Å². The van der Waals surface area contributed by atoms with Crippen LogP contribution in [0.3, 0.4) is 0 Å². The van der Waals surface area contributed by atoms with E-state index in [2.05, 4.69) is 26.0 Å². The molecule has 0 bridgehead atoms. The molecular weight excluding hydrogens is 286 g/mol. The summed E-state index contributed by atoms with van der Waals surface area (Å²) in [5.41, 5.74) is 1.01. The average molecular weight is 300 g/mol. The van der Waals surface area contributed by atoms with Gasteiger partial charge in [0, 0.05) is 17.4 Å². The summed E-state index contributed by atoms with van der Waals surface area (Å²) in [4.78, 5) is 22.2. The number of rotatable bonds is 5. The van der Waals surface area contributed by atoms with Crippen molar-refractivity contribution in [3.05, 3.63) is 34.3 Å². The molecule has 1 aromatic carbocycles. The molecule has 5 heteroatoms. The first-order valence-corrected chi connectivity index (χ1v) is 5.99. The van der Waals surface area contributed by atoms with Gasteiger partial charge in [-0.25, -0.2) is 0 Å². The smallest absolute Gasteiger partial charge is 0.306 e. The van der Waals surface area contributed by atoms with Crippen LogP contribution in [0.2, 0.25) is 0 Å². The average Bonchev–Trinajstić information content (AvgIpc) is 2.35. The lowest BCUT2D eigenvalue weighted by molar-refractivity contribution is -0.142. The Kier molecular flexibility index (Phi) is 5.69. The van der Waals surface area contributed by atoms with Crippen LogP contribution in [-0.4, -0.2) is 19.0 Å². The predicted molar refractivity (Wildman–Crippen MR) is 67.2 cm³/mol. The Morgan fingerprint density at radius 3 is 2.47 bits per heavy atom. The molecule has 17 heavy (non-hydrogen) atoms. The second-order valence-electron chi connectivity index (χ2n) is 3.48. The third-order valence-electron chi connectivity index (χ3n) is 2.19. The van der Waals surface area contributed by atoms with E-state index in [1.165, 1.54) is 7.11 Å². The maximum absolute atomic E-state index is 11.4. The van der Waals surface area contributed by atoms with Crippen LogP contribution in [0.15, 0.2) is 28.7 Å². The minimum atomic E-state index is -0.371. The van der Waals surface area contributed by atoms with Crippen LogP contribution >= 0.6 is 15.9 Å². The second-order valence-corrected chi connectivity index (χ2v) is 4.40. The lowest BCUT2D eigenvalue weighted by atomic mass is 10.2. The number of esters is 1. The molecule has 1 amide bonds. The van der Waals surface area contributed by atoms with Gasteiger partial charge in [0.25, 0.3) is 0 Å². The van der Waals surface area contributed by atoms with Gasteiger partial charge in [-0.2, -0.15) is 0 Å². The summed E-state index contributed by atoms with van der Waals surface area (Å²) < 4.78 is 5.45. The van der Waals surface area contributed by atoms with E-state index in [1.807, 2.05) is 24.3 Å². The third kappa shape index (κ3) is 5.49. The first-order valence-electron chi connectivity index (χ1n) is 5.20. The molecule has 92 valence electrons. The fourth-order valence-corrected chi connectivity index (χ4v) is 1.47. The van der Waals surface area contributed by atoms with E-state index in [-0.39, 0.29) is 24.7 Å². The molecule has 0 saturated carbocycles. The van der Waals surface area contributed by atoms with Gasteiger partial charge in [-0.1, -0.05) is 28.1 Å². The van der Waals surface area contributed by atoms with Crippen molar-refractivity contribution < 1.29 is 14.3 Å². The third-order valence-corrected chi connectivity index (χ3v) is 2.72. The molecule has 0 aliphatic rings. The maximum atomic E-state index is 11.4. The molecule has 0 heterocycles. The van der Waals surface area contributed by atoms with Gasteiger partial charge < -0.3 is 10.1 Å². The number of nitrogens with one attached hydrogen (secondary N) is 1. The van der Waals surface area contributed by atoms with Crippen LogP contribution in [0, 0.1) is 0 Å². The Morgan fingerprint density at radius 2 is 1.88 bits per heavy atom. The molecule has 1 N–H and O–H groups in total. The van der Waals surface area contributed by atoms with Crippen molar-refractivity contribution in [2.75, 3.05) is 7.11 Å². The van der Waals surface area contributed by atoms with E-state index >= 15 is 0 Å². The van der Waals surface area contributed by atoms with E-state index in [0.717, 1.165) is 10.0 Å². The largest absolute Gasteiger partial charge is 0.469 e. The zero-order valence-corrected chi connectivity index (χ0v) is 11.1. The van der Waals surface area contributed by atoms with Crippen molar-refractivity contribution in [1.82, 2.24) is 5.32 Å².